The van der Waals surface area contributed by atoms with E-state index in [0.717, 1.165) is 27.8 Å². The molecule has 0 fully saturated rings. The van der Waals surface area contributed by atoms with Crippen molar-refractivity contribution in [1.82, 2.24) is 19.5 Å². The predicted molar refractivity (Wildman–Crippen MR) is 103 cm³/mol. The molecule has 3 aromatic heterocycles. The number of pyridine rings is 1. The van der Waals surface area contributed by atoms with Crippen molar-refractivity contribution in [2.75, 3.05) is 18.5 Å². The maximum Gasteiger partial charge on any atom is 0.150 e. The number of para-hydroxylation sites is 1. The maximum absolute atomic E-state index is 8.90. The molecule has 4 aromatic rings. The summed E-state index contributed by atoms with van der Waals surface area (Å²) in [6.07, 6.45) is 5.24. The molecule has 26 heavy (non-hydrogen) atoms. The number of aliphatic hydroxyl groups is 1. The summed E-state index contributed by atoms with van der Waals surface area (Å²) in [5, 5.41) is 13.1. The summed E-state index contributed by atoms with van der Waals surface area (Å²) in [6.45, 7) is 0.514. The standard InChI is InChI=1S/C19H16ClN5O/c20-18-17-15(13-6-7-16(22-10-13)21-8-9-26)11-25(19(17)24-12-23-18)14-4-2-1-3-5-14/h1-7,10-12,26H,8-9H2,(H,21,22). The fraction of sp³-hybridized carbons (Fsp3) is 0.105. The minimum Gasteiger partial charge on any atom is -0.395 e. The van der Waals surface area contributed by atoms with Crippen LogP contribution in [-0.4, -0.2) is 37.8 Å². The van der Waals surface area contributed by atoms with Crippen LogP contribution in [0.1, 0.15) is 0 Å². The second-order valence-corrected chi connectivity index (χ2v) is 6.05. The van der Waals surface area contributed by atoms with E-state index in [4.69, 9.17) is 16.7 Å². The highest BCUT2D eigenvalue weighted by molar-refractivity contribution is 6.35. The number of aromatic nitrogens is 4. The lowest BCUT2D eigenvalue weighted by Gasteiger charge is -2.04. The van der Waals surface area contributed by atoms with E-state index < -0.39 is 0 Å². The number of benzene rings is 1. The number of hydrogen-bond acceptors (Lipinski definition) is 5. The van der Waals surface area contributed by atoms with Gasteiger partial charge in [-0.05, 0) is 24.3 Å². The fourth-order valence-corrected chi connectivity index (χ4v) is 3.10. The van der Waals surface area contributed by atoms with Crippen molar-refractivity contribution in [1.29, 1.82) is 0 Å². The van der Waals surface area contributed by atoms with Crippen LogP contribution >= 0.6 is 11.6 Å². The molecular weight excluding hydrogens is 350 g/mol. The zero-order chi connectivity index (χ0) is 17.9. The summed E-state index contributed by atoms with van der Waals surface area (Å²) in [6, 6.07) is 13.8. The highest BCUT2D eigenvalue weighted by Gasteiger charge is 2.16. The molecule has 4 rings (SSSR count). The molecule has 0 saturated carbocycles. The number of fused-ring (bicyclic) bond motifs is 1. The first kappa shape index (κ1) is 16.5. The summed E-state index contributed by atoms with van der Waals surface area (Å²) in [7, 11) is 0. The molecule has 130 valence electrons. The number of anilines is 1. The Morgan fingerprint density at radius 1 is 1.04 bits per heavy atom. The van der Waals surface area contributed by atoms with Gasteiger partial charge in [-0.1, -0.05) is 29.8 Å². The van der Waals surface area contributed by atoms with Crippen molar-refractivity contribution in [2.45, 2.75) is 0 Å². The number of nitrogens with one attached hydrogen (secondary N) is 1. The maximum atomic E-state index is 8.90. The smallest absolute Gasteiger partial charge is 0.150 e. The number of hydrogen-bond donors (Lipinski definition) is 2. The van der Waals surface area contributed by atoms with Crippen molar-refractivity contribution in [3.63, 3.8) is 0 Å². The largest absolute Gasteiger partial charge is 0.395 e. The Hall–Kier alpha value is -2.96. The predicted octanol–water partition coefficient (Wildman–Crippen LogP) is 3.54. The van der Waals surface area contributed by atoms with Crippen LogP contribution in [0.15, 0.2) is 61.2 Å². The van der Waals surface area contributed by atoms with E-state index in [9.17, 15) is 0 Å². The third-order valence-electron chi connectivity index (χ3n) is 4.06. The van der Waals surface area contributed by atoms with Crippen LogP contribution in [-0.2, 0) is 0 Å². The number of halogens is 1. The molecule has 0 amide bonds. The molecule has 0 saturated heterocycles. The lowest BCUT2D eigenvalue weighted by Crippen LogP contribution is -2.06. The van der Waals surface area contributed by atoms with Gasteiger partial charge in [0.25, 0.3) is 0 Å². The lowest BCUT2D eigenvalue weighted by molar-refractivity contribution is 0.311. The van der Waals surface area contributed by atoms with Gasteiger partial charge in [0.15, 0.2) is 0 Å². The van der Waals surface area contributed by atoms with Crippen molar-refractivity contribution >= 4 is 28.5 Å². The molecule has 0 aliphatic heterocycles. The first-order chi connectivity index (χ1) is 12.8. The third kappa shape index (κ3) is 3.00. The quantitative estimate of drug-likeness (QED) is 0.529. The number of nitrogens with zero attached hydrogens (tertiary/aromatic N) is 4. The Morgan fingerprint density at radius 3 is 2.62 bits per heavy atom. The SMILES string of the molecule is OCCNc1ccc(-c2cn(-c3ccccc3)c3ncnc(Cl)c23)cn1. The molecular formula is C19H16ClN5O. The molecule has 0 aliphatic rings. The highest BCUT2D eigenvalue weighted by Crippen LogP contribution is 2.34. The summed E-state index contributed by atoms with van der Waals surface area (Å²) in [5.41, 5.74) is 3.56. The Labute approximate surface area is 155 Å². The van der Waals surface area contributed by atoms with Gasteiger partial charge in [0.05, 0.1) is 12.0 Å². The second-order valence-electron chi connectivity index (χ2n) is 5.69. The molecule has 1 aromatic carbocycles. The zero-order valence-corrected chi connectivity index (χ0v) is 14.6. The van der Waals surface area contributed by atoms with E-state index in [1.54, 1.807) is 6.20 Å². The topological polar surface area (TPSA) is 75.9 Å². The average Bonchev–Trinajstić information content (AvgIpc) is 3.08. The van der Waals surface area contributed by atoms with Crippen LogP contribution in [0.2, 0.25) is 5.15 Å². The molecule has 7 heteroatoms. The first-order valence-corrected chi connectivity index (χ1v) is 8.54. The minimum absolute atomic E-state index is 0.0565. The van der Waals surface area contributed by atoms with Gasteiger partial charge in [0, 0.05) is 35.8 Å². The second kappa shape index (κ2) is 7.11. The monoisotopic (exact) mass is 365 g/mol. The van der Waals surface area contributed by atoms with E-state index in [2.05, 4.69) is 20.3 Å². The molecule has 0 aliphatic carbocycles. The lowest BCUT2D eigenvalue weighted by atomic mass is 10.1. The average molecular weight is 366 g/mol. The van der Waals surface area contributed by atoms with Gasteiger partial charge in [0.2, 0.25) is 0 Å². The summed E-state index contributed by atoms with van der Waals surface area (Å²) in [5.74, 6) is 0.706. The van der Waals surface area contributed by atoms with Gasteiger partial charge in [-0.3, -0.25) is 0 Å². The number of aliphatic hydroxyl groups excluding tert-OH is 1. The van der Waals surface area contributed by atoms with Gasteiger partial charge >= 0.3 is 0 Å². The van der Waals surface area contributed by atoms with Crippen molar-refractivity contribution in [3.05, 3.63) is 66.3 Å². The van der Waals surface area contributed by atoms with E-state index >= 15 is 0 Å². The van der Waals surface area contributed by atoms with Crippen LogP contribution in [0.5, 0.6) is 0 Å². The van der Waals surface area contributed by atoms with Crippen molar-refractivity contribution < 1.29 is 5.11 Å². The van der Waals surface area contributed by atoms with E-state index in [1.807, 2.05) is 53.2 Å². The Morgan fingerprint density at radius 2 is 1.88 bits per heavy atom. The van der Waals surface area contributed by atoms with Gasteiger partial charge < -0.3 is 15.0 Å². The van der Waals surface area contributed by atoms with Crippen LogP contribution < -0.4 is 5.32 Å². The first-order valence-electron chi connectivity index (χ1n) is 8.16. The molecule has 0 radical (unpaired) electrons. The van der Waals surface area contributed by atoms with Gasteiger partial charge in [-0.15, -0.1) is 0 Å². The van der Waals surface area contributed by atoms with Crippen LogP contribution in [0.25, 0.3) is 27.8 Å². The summed E-state index contributed by atoms with van der Waals surface area (Å²) in [4.78, 5) is 13.0. The molecule has 6 nitrogen and oxygen atoms in total. The van der Waals surface area contributed by atoms with Crippen LogP contribution in [0.4, 0.5) is 5.82 Å². The highest BCUT2D eigenvalue weighted by atomic mass is 35.5. The normalized spacial score (nSPS) is 11.0. The van der Waals surface area contributed by atoms with Crippen LogP contribution in [0.3, 0.4) is 0 Å². The summed E-state index contributed by atoms with van der Waals surface area (Å²) < 4.78 is 2.00. The van der Waals surface area contributed by atoms with E-state index in [-0.39, 0.29) is 6.61 Å². The Bertz CT molecular complexity index is 1030. The van der Waals surface area contributed by atoms with Gasteiger partial charge in [-0.2, -0.15) is 0 Å². The third-order valence-corrected chi connectivity index (χ3v) is 4.35. The van der Waals surface area contributed by atoms with Crippen LogP contribution in [0, 0.1) is 0 Å². The van der Waals surface area contributed by atoms with E-state index in [0.29, 0.717) is 17.5 Å². The Balaban J connectivity index is 1.85. The zero-order valence-electron chi connectivity index (χ0n) is 13.8. The molecule has 0 atom stereocenters. The molecule has 0 bridgehead atoms. The number of rotatable bonds is 5. The molecule has 0 unspecified atom stereocenters. The van der Waals surface area contributed by atoms with Crippen molar-refractivity contribution in [2.24, 2.45) is 0 Å². The Kier molecular flexibility index (Phi) is 4.51. The molecule has 3 heterocycles. The molecule has 2 N–H and O–H groups in total. The van der Waals surface area contributed by atoms with Gasteiger partial charge in [0.1, 0.15) is 22.9 Å². The van der Waals surface area contributed by atoms with Crippen molar-refractivity contribution in [3.8, 4) is 16.8 Å². The van der Waals surface area contributed by atoms with Gasteiger partial charge in [-0.25, -0.2) is 15.0 Å². The summed E-state index contributed by atoms with van der Waals surface area (Å²) >= 11 is 6.39. The minimum atomic E-state index is 0.0565. The molecule has 0 spiro atoms. The fourth-order valence-electron chi connectivity index (χ4n) is 2.87. The van der Waals surface area contributed by atoms with E-state index in [1.165, 1.54) is 6.33 Å².